The molecule has 3 rings (SSSR count). The summed E-state index contributed by atoms with van der Waals surface area (Å²) in [6.07, 6.45) is 11.0. The smallest absolute Gasteiger partial charge is 0.364 e. The number of aliphatic carboxylic acids is 1. The van der Waals surface area contributed by atoms with Crippen molar-refractivity contribution in [1.29, 1.82) is 0 Å². The zero-order valence-electron chi connectivity index (χ0n) is 51.2. The molecule has 23 heteroatoms. The van der Waals surface area contributed by atoms with E-state index < -0.39 is 155 Å². The van der Waals surface area contributed by atoms with Crippen molar-refractivity contribution >= 4 is 17.8 Å². The van der Waals surface area contributed by atoms with E-state index >= 15 is 0 Å². The Labute approximate surface area is 504 Å². The molecule has 3 aliphatic heterocycles. The number of ether oxygens (including phenoxy) is 6. The maximum Gasteiger partial charge on any atom is 0.364 e. The number of carboxylic acid groups (broad SMARTS) is 1. The highest BCUT2D eigenvalue weighted by molar-refractivity contribution is 5.77. The minimum Gasteiger partial charge on any atom is -0.477 e. The highest BCUT2D eigenvalue weighted by Crippen LogP contribution is 2.38. The van der Waals surface area contributed by atoms with Crippen LogP contribution in [0.5, 0.6) is 0 Å². The summed E-state index contributed by atoms with van der Waals surface area (Å²) in [6, 6.07) is -2.62. The lowest BCUT2D eigenvalue weighted by Gasteiger charge is -2.50. The van der Waals surface area contributed by atoms with Gasteiger partial charge in [-0.05, 0) is 44.9 Å². The molecule has 0 aromatic rings. The number of amides is 2. The zero-order valence-corrected chi connectivity index (χ0v) is 51.2. The molecule has 0 radical (unpaired) electrons. The molecule has 3 heterocycles. The van der Waals surface area contributed by atoms with Gasteiger partial charge in [-0.2, -0.15) is 0 Å². The Kier molecular flexibility index (Phi) is 39.4. The van der Waals surface area contributed by atoms with E-state index in [-0.39, 0.29) is 12.3 Å². The Balaban J connectivity index is 1.62. The molecule has 0 aliphatic carbocycles. The number of carboxylic acids is 1. The second kappa shape index (κ2) is 43.8. The predicted octanol–water partition coefficient (Wildman–Crippen LogP) is 4.11. The van der Waals surface area contributed by atoms with Crippen LogP contribution in [0.3, 0.4) is 0 Å². The maximum absolute atomic E-state index is 13.4. The molecule has 3 fully saturated rings. The van der Waals surface area contributed by atoms with Crippen LogP contribution >= 0.6 is 0 Å². The number of aliphatic hydroxyl groups is 11. The third-order valence-electron chi connectivity index (χ3n) is 16.4. The summed E-state index contributed by atoms with van der Waals surface area (Å²) >= 11 is 0. The molecular formula is C62H112N2O21. The van der Waals surface area contributed by atoms with E-state index in [1.54, 1.807) is 6.08 Å². The van der Waals surface area contributed by atoms with Crippen molar-refractivity contribution in [3.63, 3.8) is 0 Å². The maximum atomic E-state index is 13.4. The average Bonchev–Trinajstić information content (AvgIpc) is 1.19. The summed E-state index contributed by atoms with van der Waals surface area (Å²) in [4.78, 5) is 38.4. The Morgan fingerprint density at radius 3 is 1.60 bits per heavy atom. The fraction of sp³-hybridized carbons (Fsp3) is 0.887. The van der Waals surface area contributed by atoms with Crippen molar-refractivity contribution in [3.8, 4) is 0 Å². The molecule has 18 atom stereocenters. The monoisotopic (exact) mass is 1220 g/mol. The van der Waals surface area contributed by atoms with Gasteiger partial charge in [0.2, 0.25) is 11.8 Å². The summed E-state index contributed by atoms with van der Waals surface area (Å²) in [7, 11) is 0. The van der Waals surface area contributed by atoms with E-state index in [1.165, 1.54) is 96.3 Å². The fourth-order valence-corrected chi connectivity index (χ4v) is 11.2. The van der Waals surface area contributed by atoms with Crippen LogP contribution < -0.4 is 10.6 Å². The SMILES string of the molecule is CCCCCCCCCCC/C=C\CCCCCCCCCC(=O)NC(COC1OC(CO)C(OC2OC(CO)C(O)C(OC3(C(=O)O)CC(O)C(NC(C)=O)C(C(O)C(O)CO)O3)C2O)C(O)C1O)C(O)/C=C/CCCCCCCCCCC. The number of carbonyl (C=O) groups excluding carboxylic acids is 2. The summed E-state index contributed by atoms with van der Waals surface area (Å²) in [5.74, 6) is -6.15. The van der Waals surface area contributed by atoms with Gasteiger partial charge in [0, 0.05) is 19.8 Å². The van der Waals surface area contributed by atoms with Crippen LogP contribution in [0.2, 0.25) is 0 Å². The number of hydrogen-bond donors (Lipinski definition) is 14. The zero-order chi connectivity index (χ0) is 62.6. The molecule has 0 saturated carbocycles. The number of carbonyl (C=O) groups is 3. The van der Waals surface area contributed by atoms with Crippen LogP contribution in [0.25, 0.3) is 0 Å². The minimum absolute atomic E-state index is 0.195. The van der Waals surface area contributed by atoms with Gasteiger partial charge in [-0.3, -0.25) is 9.59 Å². The lowest BCUT2D eigenvalue weighted by molar-refractivity contribution is -0.386. The number of aliphatic hydroxyl groups excluding tert-OH is 11. The van der Waals surface area contributed by atoms with E-state index in [4.69, 9.17) is 28.4 Å². The average molecular weight is 1220 g/mol. The standard InChI is InChI=1S/C62H112N2O21/c1-4-6-8-10-12-14-16-17-18-19-20-21-22-23-24-26-28-30-32-34-36-49(72)64-43(44(69)35-33-31-29-27-25-15-13-11-9-7-5-2)41-80-59-54(76)53(75)56(48(40-67)82-59)83-60-55(77)58(52(74)47(39-66)81-60)85-62(61(78)79)37-45(70)50(63-42(3)68)57(84-62)51(73)46(71)38-65/h20-21,33,35,43-48,50-60,65-67,69-71,73-77H,4-19,22-32,34,36-41H2,1-3H3,(H,63,68)(H,64,72)(H,78,79)/b21-20-,35-33+. The second-order valence-corrected chi connectivity index (χ2v) is 23.6. The van der Waals surface area contributed by atoms with Gasteiger partial charge in [-0.15, -0.1) is 0 Å². The summed E-state index contributed by atoms with van der Waals surface area (Å²) in [5, 5.41) is 135. The molecule has 0 aromatic heterocycles. The highest BCUT2D eigenvalue weighted by atomic mass is 16.8. The van der Waals surface area contributed by atoms with Crippen LogP contribution in [0.4, 0.5) is 0 Å². The van der Waals surface area contributed by atoms with Gasteiger partial charge in [0.1, 0.15) is 67.1 Å². The lowest BCUT2D eigenvalue weighted by Crippen LogP contribution is -2.70. The Morgan fingerprint density at radius 2 is 1.11 bits per heavy atom. The first-order valence-corrected chi connectivity index (χ1v) is 32.2. The fourth-order valence-electron chi connectivity index (χ4n) is 11.2. The molecule has 0 aromatic carbocycles. The van der Waals surface area contributed by atoms with Crippen LogP contribution in [0.1, 0.15) is 213 Å². The van der Waals surface area contributed by atoms with Crippen molar-refractivity contribution in [3.05, 3.63) is 24.3 Å². The number of hydrogen-bond acceptors (Lipinski definition) is 20. The third-order valence-corrected chi connectivity index (χ3v) is 16.4. The van der Waals surface area contributed by atoms with Gasteiger partial charge in [0.05, 0.1) is 50.7 Å². The quantitative estimate of drug-likeness (QED) is 0.0301. The van der Waals surface area contributed by atoms with Crippen LogP contribution in [0, 0.1) is 0 Å². The number of rotatable bonds is 47. The van der Waals surface area contributed by atoms with Gasteiger partial charge in [-0.1, -0.05) is 173 Å². The summed E-state index contributed by atoms with van der Waals surface area (Å²) < 4.78 is 34.7. The van der Waals surface area contributed by atoms with Crippen molar-refractivity contribution in [2.75, 3.05) is 26.4 Å². The van der Waals surface area contributed by atoms with E-state index in [1.807, 2.05) is 6.08 Å². The molecule has 23 nitrogen and oxygen atoms in total. The first kappa shape index (κ1) is 76.5. The molecular weight excluding hydrogens is 1110 g/mol. The number of nitrogens with one attached hydrogen (secondary N) is 2. The van der Waals surface area contributed by atoms with Gasteiger partial charge in [0.15, 0.2) is 12.6 Å². The second-order valence-electron chi connectivity index (χ2n) is 23.6. The normalized spacial score (nSPS) is 29.7. The first-order chi connectivity index (χ1) is 40.9. The molecule has 18 unspecified atom stereocenters. The molecule has 496 valence electrons. The van der Waals surface area contributed by atoms with E-state index in [9.17, 15) is 75.7 Å². The largest absolute Gasteiger partial charge is 0.477 e. The van der Waals surface area contributed by atoms with Gasteiger partial charge < -0.3 is 100 Å². The molecule has 3 aliphatic rings. The molecule has 2 amide bonds. The van der Waals surface area contributed by atoms with Gasteiger partial charge in [-0.25, -0.2) is 4.79 Å². The van der Waals surface area contributed by atoms with Crippen molar-refractivity contribution in [1.82, 2.24) is 10.6 Å². The predicted molar refractivity (Wildman–Crippen MR) is 315 cm³/mol. The highest BCUT2D eigenvalue weighted by Gasteiger charge is 2.60. The van der Waals surface area contributed by atoms with Gasteiger partial charge >= 0.3 is 5.97 Å². The van der Waals surface area contributed by atoms with Crippen LogP contribution in [0.15, 0.2) is 24.3 Å². The van der Waals surface area contributed by atoms with Crippen LogP contribution in [-0.2, 0) is 42.8 Å². The molecule has 3 saturated heterocycles. The molecule has 85 heavy (non-hydrogen) atoms. The van der Waals surface area contributed by atoms with Gasteiger partial charge in [0.25, 0.3) is 5.79 Å². The molecule has 0 spiro atoms. The molecule has 0 bridgehead atoms. The van der Waals surface area contributed by atoms with Crippen molar-refractivity contribution < 1.29 is 104 Å². The van der Waals surface area contributed by atoms with Crippen molar-refractivity contribution in [2.24, 2.45) is 0 Å². The molecule has 14 N–H and O–H groups in total. The summed E-state index contributed by atoms with van der Waals surface area (Å²) in [5.41, 5.74) is 0. The minimum atomic E-state index is -3.08. The van der Waals surface area contributed by atoms with E-state index in [2.05, 4.69) is 36.6 Å². The lowest BCUT2D eigenvalue weighted by atomic mass is 9.88. The van der Waals surface area contributed by atoms with E-state index in [0.29, 0.717) is 12.8 Å². The number of allylic oxidation sites excluding steroid dienone is 3. The Hall–Kier alpha value is -2.79. The van der Waals surface area contributed by atoms with Crippen LogP contribution in [-0.4, -0.2) is 215 Å². The Bertz CT molecular complexity index is 1830. The Morgan fingerprint density at radius 1 is 0.612 bits per heavy atom. The van der Waals surface area contributed by atoms with E-state index in [0.717, 1.165) is 77.6 Å². The first-order valence-electron chi connectivity index (χ1n) is 32.2. The topological polar surface area (TPSA) is 373 Å². The third kappa shape index (κ3) is 27.5. The number of unbranched alkanes of at least 4 members (excludes halogenated alkanes) is 25. The summed E-state index contributed by atoms with van der Waals surface area (Å²) in [6.45, 7) is 2.09. The van der Waals surface area contributed by atoms with Crippen molar-refractivity contribution in [2.45, 2.75) is 323 Å².